The minimum absolute atomic E-state index is 0.453. The van der Waals surface area contributed by atoms with Crippen molar-refractivity contribution in [1.29, 1.82) is 5.26 Å². The molecule has 1 aromatic carbocycles. The number of carboxylic acids is 1. The van der Waals surface area contributed by atoms with Crippen molar-refractivity contribution >= 4 is 5.97 Å². The lowest BCUT2D eigenvalue weighted by Gasteiger charge is -2.25. The van der Waals surface area contributed by atoms with Crippen molar-refractivity contribution in [3.05, 3.63) is 65.6 Å². The van der Waals surface area contributed by atoms with Gasteiger partial charge >= 0.3 is 5.97 Å². The SMILES string of the molecule is CCC1=C(C#N)C(c2ccc(-c3cccnc3)cc2)C(C(=O)O)N1C. The maximum atomic E-state index is 11.8. The Morgan fingerprint density at radius 3 is 2.52 bits per heavy atom. The molecule has 1 aliphatic rings. The third-order valence-electron chi connectivity index (χ3n) is 4.75. The van der Waals surface area contributed by atoms with Crippen LogP contribution in [0.5, 0.6) is 0 Å². The summed E-state index contributed by atoms with van der Waals surface area (Å²) in [6.45, 7) is 1.94. The molecular weight excluding hydrogens is 314 g/mol. The van der Waals surface area contributed by atoms with Crippen LogP contribution in [0.1, 0.15) is 24.8 Å². The molecule has 0 saturated heterocycles. The summed E-state index contributed by atoms with van der Waals surface area (Å²) >= 11 is 0. The molecule has 5 nitrogen and oxygen atoms in total. The molecule has 0 radical (unpaired) electrons. The first-order valence-electron chi connectivity index (χ1n) is 8.17. The van der Waals surface area contributed by atoms with E-state index in [-0.39, 0.29) is 0 Å². The number of hydrogen-bond donors (Lipinski definition) is 1. The molecule has 0 aliphatic carbocycles. The predicted molar refractivity (Wildman–Crippen MR) is 94.5 cm³/mol. The number of carboxylic acid groups (broad SMARTS) is 1. The van der Waals surface area contributed by atoms with Gasteiger partial charge in [0, 0.05) is 25.1 Å². The average Bonchev–Trinajstić information content (AvgIpc) is 2.94. The normalized spacial score (nSPS) is 19.8. The van der Waals surface area contributed by atoms with Crippen molar-refractivity contribution in [3.8, 4) is 17.2 Å². The van der Waals surface area contributed by atoms with Crippen molar-refractivity contribution in [3.63, 3.8) is 0 Å². The van der Waals surface area contributed by atoms with Crippen molar-refractivity contribution in [1.82, 2.24) is 9.88 Å². The molecular formula is C20H19N3O2. The van der Waals surface area contributed by atoms with E-state index in [4.69, 9.17) is 0 Å². The summed E-state index contributed by atoms with van der Waals surface area (Å²) < 4.78 is 0. The number of nitriles is 1. The Bertz CT molecular complexity index is 851. The number of aliphatic carboxylic acids is 1. The lowest BCUT2D eigenvalue weighted by atomic mass is 9.86. The van der Waals surface area contributed by atoms with E-state index in [9.17, 15) is 15.2 Å². The lowest BCUT2D eigenvalue weighted by molar-refractivity contribution is -0.142. The van der Waals surface area contributed by atoms with Gasteiger partial charge in [0.15, 0.2) is 0 Å². The maximum Gasteiger partial charge on any atom is 0.327 e. The molecule has 0 bridgehead atoms. The van der Waals surface area contributed by atoms with Crippen LogP contribution >= 0.6 is 0 Å². The number of pyridine rings is 1. The molecule has 3 rings (SSSR count). The number of hydrogen-bond acceptors (Lipinski definition) is 4. The molecule has 0 fully saturated rings. The fourth-order valence-corrected chi connectivity index (χ4v) is 3.57. The summed E-state index contributed by atoms with van der Waals surface area (Å²) in [4.78, 5) is 17.7. The molecule has 2 atom stereocenters. The minimum Gasteiger partial charge on any atom is -0.480 e. The van der Waals surface area contributed by atoms with Gasteiger partial charge in [-0.15, -0.1) is 0 Å². The average molecular weight is 333 g/mol. The number of rotatable bonds is 4. The molecule has 25 heavy (non-hydrogen) atoms. The zero-order valence-corrected chi connectivity index (χ0v) is 14.2. The lowest BCUT2D eigenvalue weighted by Crippen LogP contribution is -2.37. The first-order valence-corrected chi connectivity index (χ1v) is 8.17. The zero-order chi connectivity index (χ0) is 18.0. The fourth-order valence-electron chi connectivity index (χ4n) is 3.57. The van der Waals surface area contributed by atoms with Crippen molar-refractivity contribution in [2.45, 2.75) is 25.3 Å². The number of allylic oxidation sites excluding steroid dienone is 1. The van der Waals surface area contributed by atoms with Crippen LogP contribution in [0.15, 0.2) is 60.1 Å². The molecule has 1 aliphatic heterocycles. The van der Waals surface area contributed by atoms with Crippen LogP contribution in [0.3, 0.4) is 0 Å². The van der Waals surface area contributed by atoms with Gasteiger partial charge in [-0.1, -0.05) is 37.3 Å². The summed E-state index contributed by atoms with van der Waals surface area (Å²) in [5.41, 5.74) is 4.20. The Morgan fingerprint density at radius 2 is 2.00 bits per heavy atom. The van der Waals surface area contributed by atoms with Gasteiger partial charge in [0.25, 0.3) is 0 Å². The van der Waals surface area contributed by atoms with Crippen molar-refractivity contribution in [2.75, 3.05) is 7.05 Å². The second-order valence-electron chi connectivity index (χ2n) is 6.06. The van der Waals surface area contributed by atoms with Gasteiger partial charge in [-0.05, 0) is 29.2 Å². The highest BCUT2D eigenvalue weighted by Gasteiger charge is 2.43. The molecule has 0 saturated carbocycles. The second-order valence-corrected chi connectivity index (χ2v) is 6.06. The van der Waals surface area contributed by atoms with Gasteiger partial charge < -0.3 is 10.0 Å². The molecule has 126 valence electrons. The smallest absolute Gasteiger partial charge is 0.327 e. The van der Waals surface area contributed by atoms with E-state index in [0.29, 0.717) is 12.0 Å². The van der Waals surface area contributed by atoms with Gasteiger partial charge in [0.1, 0.15) is 6.04 Å². The number of benzene rings is 1. The molecule has 2 aromatic rings. The molecule has 2 heterocycles. The summed E-state index contributed by atoms with van der Waals surface area (Å²) in [5.74, 6) is -1.37. The Labute approximate surface area is 146 Å². The Balaban J connectivity index is 2.03. The van der Waals surface area contributed by atoms with E-state index in [1.807, 2.05) is 43.3 Å². The molecule has 5 heteroatoms. The van der Waals surface area contributed by atoms with Crippen molar-refractivity contribution in [2.24, 2.45) is 0 Å². The van der Waals surface area contributed by atoms with Gasteiger partial charge in [-0.2, -0.15) is 5.26 Å². The van der Waals surface area contributed by atoms with Gasteiger partial charge in [-0.25, -0.2) is 4.79 Å². The summed E-state index contributed by atoms with van der Waals surface area (Å²) in [7, 11) is 1.75. The van der Waals surface area contributed by atoms with Crippen LogP contribution in [0, 0.1) is 11.3 Å². The Kier molecular flexibility index (Phi) is 4.53. The molecule has 0 spiro atoms. The summed E-state index contributed by atoms with van der Waals surface area (Å²) in [5, 5.41) is 19.3. The molecule has 2 unspecified atom stereocenters. The highest BCUT2D eigenvalue weighted by atomic mass is 16.4. The third-order valence-corrected chi connectivity index (χ3v) is 4.75. The van der Waals surface area contributed by atoms with Crippen LogP contribution in [0.25, 0.3) is 11.1 Å². The van der Waals surface area contributed by atoms with Crippen LogP contribution in [0.4, 0.5) is 0 Å². The predicted octanol–water partition coefficient (Wildman–Crippen LogP) is 3.42. The quantitative estimate of drug-likeness (QED) is 0.927. The van der Waals surface area contributed by atoms with E-state index in [1.165, 1.54) is 0 Å². The minimum atomic E-state index is -0.917. The number of carbonyl (C=O) groups is 1. The van der Waals surface area contributed by atoms with Crippen LogP contribution in [-0.4, -0.2) is 34.0 Å². The standard InChI is InChI=1S/C20H19N3O2/c1-3-17-16(11-21)18(19(20(24)25)23(17)2)14-8-6-13(7-9-14)15-5-4-10-22-12-15/h4-10,12,18-19H,3H2,1-2H3,(H,24,25). The summed E-state index contributed by atoms with van der Waals surface area (Å²) in [6.07, 6.45) is 4.14. The second kappa shape index (κ2) is 6.78. The van der Waals surface area contributed by atoms with Gasteiger partial charge in [0.2, 0.25) is 0 Å². The number of aromatic nitrogens is 1. The first kappa shape index (κ1) is 16.7. The van der Waals surface area contributed by atoms with E-state index >= 15 is 0 Å². The highest BCUT2D eigenvalue weighted by molar-refractivity contribution is 5.78. The van der Waals surface area contributed by atoms with E-state index in [1.54, 1.807) is 24.3 Å². The largest absolute Gasteiger partial charge is 0.480 e. The van der Waals surface area contributed by atoms with E-state index in [0.717, 1.165) is 22.4 Å². The first-order chi connectivity index (χ1) is 12.1. The number of likely N-dealkylation sites (N-methyl/N-ethyl adjacent to an activating group) is 1. The van der Waals surface area contributed by atoms with Gasteiger partial charge in [-0.3, -0.25) is 4.98 Å². The van der Waals surface area contributed by atoms with Crippen molar-refractivity contribution < 1.29 is 9.90 Å². The highest BCUT2D eigenvalue weighted by Crippen LogP contribution is 2.41. The Morgan fingerprint density at radius 1 is 1.28 bits per heavy atom. The van der Waals surface area contributed by atoms with E-state index in [2.05, 4.69) is 11.1 Å². The third kappa shape index (κ3) is 2.87. The molecule has 1 aromatic heterocycles. The topological polar surface area (TPSA) is 77.2 Å². The maximum absolute atomic E-state index is 11.8. The fraction of sp³-hybridized carbons (Fsp3) is 0.250. The zero-order valence-electron chi connectivity index (χ0n) is 14.2. The van der Waals surface area contributed by atoms with E-state index < -0.39 is 17.9 Å². The van der Waals surface area contributed by atoms with Crippen LogP contribution in [0.2, 0.25) is 0 Å². The number of nitrogens with zero attached hydrogens (tertiary/aromatic N) is 3. The Hall–Kier alpha value is -3.13. The molecule has 0 amide bonds. The van der Waals surface area contributed by atoms with Crippen LogP contribution in [-0.2, 0) is 4.79 Å². The van der Waals surface area contributed by atoms with Crippen LogP contribution < -0.4 is 0 Å². The summed E-state index contributed by atoms with van der Waals surface area (Å²) in [6, 6.07) is 13.0. The van der Waals surface area contributed by atoms with Gasteiger partial charge in [0.05, 0.1) is 17.6 Å². The molecule has 1 N–H and O–H groups in total. The monoisotopic (exact) mass is 333 g/mol.